The highest BCUT2D eigenvalue weighted by molar-refractivity contribution is 5.89. The van der Waals surface area contributed by atoms with Gasteiger partial charge in [0.1, 0.15) is 0 Å². The van der Waals surface area contributed by atoms with Crippen molar-refractivity contribution in [3.05, 3.63) is 35.4 Å². The van der Waals surface area contributed by atoms with E-state index in [1.807, 2.05) is 12.1 Å². The van der Waals surface area contributed by atoms with Gasteiger partial charge >= 0.3 is 11.9 Å². The van der Waals surface area contributed by atoms with E-state index in [1.54, 1.807) is 26.0 Å². The zero-order valence-electron chi connectivity index (χ0n) is 13.8. The average Bonchev–Trinajstić information content (AvgIpc) is 2.52. The van der Waals surface area contributed by atoms with Crippen molar-refractivity contribution in [1.29, 1.82) is 0 Å². The SMILES string of the molecule is CCN(CC)Cc1ccc(C(=O)OCOC(=O)C(C)C)cc1. The minimum Gasteiger partial charge on any atom is -0.428 e. The summed E-state index contributed by atoms with van der Waals surface area (Å²) in [6.07, 6.45) is 0. The number of ether oxygens (including phenoxy) is 2. The topological polar surface area (TPSA) is 55.8 Å². The molecule has 122 valence electrons. The van der Waals surface area contributed by atoms with Gasteiger partial charge in [-0.2, -0.15) is 0 Å². The van der Waals surface area contributed by atoms with Crippen molar-refractivity contribution in [2.45, 2.75) is 34.2 Å². The molecule has 1 aromatic carbocycles. The molecule has 0 saturated heterocycles. The molecular weight excluding hydrogens is 282 g/mol. The van der Waals surface area contributed by atoms with Crippen molar-refractivity contribution in [2.75, 3.05) is 19.9 Å². The highest BCUT2D eigenvalue weighted by Crippen LogP contribution is 2.09. The van der Waals surface area contributed by atoms with E-state index in [2.05, 4.69) is 18.7 Å². The highest BCUT2D eigenvalue weighted by Gasteiger charge is 2.11. The fourth-order valence-corrected chi connectivity index (χ4v) is 1.84. The van der Waals surface area contributed by atoms with Gasteiger partial charge in [0.25, 0.3) is 0 Å². The number of rotatable bonds is 8. The number of hydrogen-bond acceptors (Lipinski definition) is 5. The van der Waals surface area contributed by atoms with Crippen LogP contribution in [0.1, 0.15) is 43.6 Å². The van der Waals surface area contributed by atoms with Crippen molar-refractivity contribution in [3.63, 3.8) is 0 Å². The molecule has 0 spiro atoms. The summed E-state index contributed by atoms with van der Waals surface area (Å²) in [6, 6.07) is 7.28. The van der Waals surface area contributed by atoms with Crippen LogP contribution in [0.3, 0.4) is 0 Å². The number of benzene rings is 1. The fourth-order valence-electron chi connectivity index (χ4n) is 1.84. The third-order valence-corrected chi connectivity index (χ3v) is 3.35. The van der Waals surface area contributed by atoms with Crippen molar-refractivity contribution >= 4 is 11.9 Å². The minimum absolute atomic E-state index is 0.238. The summed E-state index contributed by atoms with van der Waals surface area (Å²) in [5.74, 6) is -1.12. The number of carbonyl (C=O) groups is 2. The third kappa shape index (κ3) is 5.85. The van der Waals surface area contributed by atoms with Crippen molar-refractivity contribution < 1.29 is 19.1 Å². The lowest BCUT2D eigenvalue weighted by molar-refractivity contribution is -0.155. The Labute approximate surface area is 132 Å². The second kappa shape index (κ2) is 9.20. The summed E-state index contributed by atoms with van der Waals surface area (Å²) >= 11 is 0. The Bertz CT molecular complexity index is 478. The van der Waals surface area contributed by atoms with Crippen molar-refractivity contribution in [1.82, 2.24) is 4.90 Å². The van der Waals surface area contributed by atoms with E-state index in [9.17, 15) is 9.59 Å². The lowest BCUT2D eigenvalue weighted by Gasteiger charge is -2.17. The van der Waals surface area contributed by atoms with Gasteiger partial charge in [0, 0.05) is 6.54 Å². The smallest absolute Gasteiger partial charge is 0.340 e. The number of nitrogens with zero attached hydrogens (tertiary/aromatic N) is 1. The van der Waals surface area contributed by atoms with Crippen LogP contribution in [0.4, 0.5) is 0 Å². The second-order valence-electron chi connectivity index (χ2n) is 5.33. The Kier molecular flexibility index (Phi) is 7.60. The van der Waals surface area contributed by atoms with E-state index in [4.69, 9.17) is 9.47 Å². The number of hydrogen-bond donors (Lipinski definition) is 0. The van der Waals surface area contributed by atoms with E-state index in [1.165, 1.54) is 0 Å². The zero-order chi connectivity index (χ0) is 16.5. The predicted octanol–water partition coefficient (Wildman–Crippen LogP) is 2.84. The van der Waals surface area contributed by atoms with Crippen LogP contribution in [-0.4, -0.2) is 36.7 Å². The van der Waals surface area contributed by atoms with Gasteiger partial charge in [-0.3, -0.25) is 9.69 Å². The van der Waals surface area contributed by atoms with E-state index < -0.39 is 5.97 Å². The standard InChI is InChI=1S/C17H25NO4/c1-5-18(6-2)11-14-7-9-15(10-8-14)17(20)22-12-21-16(19)13(3)4/h7-10,13H,5-6,11-12H2,1-4H3. The van der Waals surface area contributed by atoms with Crippen LogP contribution < -0.4 is 0 Å². The van der Waals surface area contributed by atoms with Gasteiger partial charge in [0.05, 0.1) is 11.5 Å². The van der Waals surface area contributed by atoms with Crippen LogP contribution in [0.15, 0.2) is 24.3 Å². The Balaban J connectivity index is 2.48. The maximum Gasteiger partial charge on any atom is 0.340 e. The Morgan fingerprint density at radius 2 is 1.64 bits per heavy atom. The number of esters is 2. The summed E-state index contributed by atoms with van der Waals surface area (Å²) in [5.41, 5.74) is 1.59. The Morgan fingerprint density at radius 3 is 2.14 bits per heavy atom. The first-order valence-corrected chi connectivity index (χ1v) is 7.63. The lowest BCUT2D eigenvalue weighted by Crippen LogP contribution is -2.22. The molecule has 1 aromatic rings. The number of carbonyl (C=O) groups excluding carboxylic acids is 2. The summed E-state index contributed by atoms with van der Waals surface area (Å²) < 4.78 is 9.73. The highest BCUT2D eigenvalue weighted by atomic mass is 16.7. The van der Waals surface area contributed by atoms with E-state index in [0.29, 0.717) is 5.56 Å². The summed E-state index contributed by atoms with van der Waals surface area (Å²) in [5, 5.41) is 0. The molecule has 0 unspecified atom stereocenters. The van der Waals surface area contributed by atoms with Crippen LogP contribution in [0, 0.1) is 5.92 Å². The summed E-state index contributed by atoms with van der Waals surface area (Å²) in [7, 11) is 0. The zero-order valence-corrected chi connectivity index (χ0v) is 13.8. The average molecular weight is 307 g/mol. The van der Waals surface area contributed by atoms with Gasteiger partial charge in [-0.05, 0) is 30.8 Å². The molecule has 0 aliphatic heterocycles. The maximum absolute atomic E-state index is 11.8. The van der Waals surface area contributed by atoms with E-state index in [-0.39, 0.29) is 18.7 Å². The molecule has 0 heterocycles. The van der Waals surface area contributed by atoms with Crippen LogP contribution in [0.5, 0.6) is 0 Å². The van der Waals surface area contributed by atoms with E-state index >= 15 is 0 Å². The Hall–Kier alpha value is -1.88. The third-order valence-electron chi connectivity index (χ3n) is 3.35. The van der Waals surface area contributed by atoms with Gasteiger partial charge in [0.2, 0.25) is 6.79 Å². The fraction of sp³-hybridized carbons (Fsp3) is 0.529. The molecule has 0 aliphatic carbocycles. The molecule has 0 aromatic heterocycles. The van der Waals surface area contributed by atoms with E-state index in [0.717, 1.165) is 25.2 Å². The molecule has 5 nitrogen and oxygen atoms in total. The van der Waals surface area contributed by atoms with Crippen LogP contribution in [-0.2, 0) is 20.8 Å². The predicted molar refractivity (Wildman–Crippen MR) is 84.3 cm³/mol. The van der Waals surface area contributed by atoms with Crippen LogP contribution in [0.25, 0.3) is 0 Å². The molecular formula is C17H25NO4. The Morgan fingerprint density at radius 1 is 1.05 bits per heavy atom. The molecule has 0 aliphatic rings. The monoisotopic (exact) mass is 307 g/mol. The second-order valence-corrected chi connectivity index (χ2v) is 5.33. The normalized spacial score (nSPS) is 10.8. The molecule has 5 heteroatoms. The van der Waals surface area contributed by atoms with Gasteiger partial charge in [-0.15, -0.1) is 0 Å². The molecule has 1 rings (SSSR count). The van der Waals surface area contributed by atoms with Crippen molar-refractivity contribution in [3.8, 4) is 0 Å². The quantitative estimate of drug-likeness (QED) is 0.546. The van der Waals surface area contributed by atoms with Crippen molar-refractivity contribution in [2.24, 2.45) is 5.92 Å². The van der Waals surface area contributed by atoms with Crippen LogP contribution >= 0.6 is 0 Å². The molecule has 0 fully saturated rings. The molecule has 0 saturated carbocycles. The molecule has 0 amide bonds. The molecule has 22 heavy (non-hydrogen) atoms. The summed E-state index contributed by atoms with van der Waals surface area (Å²) in [4.78, 5) is 25.4. The van der Waals surface area contributed by atoms with Crippen LogP contribution in [0.2, 0.25) is 0 Å². The van der Waals surface area contributed by atoms with Gasteiger partial charge < -0.3 is 9.47 Å². The van der Waals surface area contributed by atoms with Gasteiger partial charge in [0.15, 0.2) is 0 Å². The first-order chi connectivity index (χ1) is 10.5. The first kappa shape index (κ1) is 18.2. The van der Waals surface area contributed by atoms with Gasteiger partial charge in [-0.25, -0.2) is 4.79 Å². The largest absolute Gasteiger partial charge is 0.428 e. The minimum atomic E-state index is -0.494. The lowest BCUT2D eigenvalue weighted by atomic mass is 10.1. The molecule has 0 bridgehead atoms. The van der Waals surface area contributed by atoms with Gasteiger partial charge in [-0.1, -0.05) is 39.8 Å². The maximum atomic E-state index is 11.8. The first-order valence-electron chi connectivity index (χ1n) is 7.63. The molecule has 0 atom stereocenters. The molecule has 0 radical (unpaired) electrons. The molecule has 0 N–H and O–H groups in total. The summed E-state index contributed by atoms with van der Waals surface area (Å²) in [6.45, 7) is 10.2.